The van der Waals surface area contributed by atoms with Crippen LogP contribution < -0.4 is 0 Å². The van der Waals surface area contributed by atoms with Gasteiger partial charge in [-0.2, -0.15) is 5.10 Å². The Balaban J connectivity index is 1.45. The number of aromatic nitrogens is 2. The SMILES string of the molecule is Cn1cc(C2CC2C(=O)OCC=Cc2ccccc2)cn1. The molecule has 1 aliphatic carbocycles. The van der Waals surface area contributed by atoms with E-state index in [0.717, 1.165) is 17.5 Å². The van der Waals surface area contributed by atoms with Gasteiger partial charge in [0.15, 0.2) is 0 Å². The van der Waals surface area contributed by atoms with Crippen LogP contribution >= 0.6 is 0 Å². The van der Waals surface area contributed by atoms with E-state index in [1.165, 1.54) is 0 Å². The van der Waals surface area contributed by atoms with E-state index in [1.54, 1.807) is 4.68 Å². The minimum Gasteiger partial charge on any atom is -0.461 e. The van der Waals surface area contributed by atoms with Crippen molar-refractivity contribution >= 4 is 12.0 Å². The molecule has 0 aliphatic heterocycles. The van der Waals surface area contributed by atoms with Crippen LogP contribution in [0.25, 0.3) is 6.08 Å². The molecule has 1 aromatic carbocycles. The molecule has 1 fully saturated rings. The molecule has 108 valence electrons. The summed E-state index contributed by atoms with van der Waals surface area (Å²) in [5.41, 5.74) is 2.23. The summed E-state index contributed by atoms with van der Waals surface area (Å²) in [7, 11) is 1.88. The highest BCUT2D eigenvalue weighted by Crippen LogP contribution is 2.47. The van der Waals surface area contributed by atoms with Crippen molar-refractivity contribution in [3.63, 3.8) is 0 Å². The molecule has 0 saturated heterocycles. The summed E-state index contributed by atoms with van der Waals surface area (Å²) in [5, 5.41) is 4.13. The van der Waals surface area contributed by atoms with Crippen molar-refractivity contribution in [3.05, 3.63) is 59.9 Å². The number of aryl methyl sites for hydroxylation is 1. The van der Waals surface area contributed by atoms with Gasteiger partial charge in [0.1, 0.15) is 6.61 Å². The first-order valence-corrected chi connectivity index (χ1v) is 7.11. The standard InChI is InChI=1S/C17H18N2O2/c1-19-12-14(11-18-19)15-10-16(15)17(20)21-9-5-8-13-6-3-2-4-7-13/h2-8,11-12,15-16H,9-10H2,1H3. The summed E-state index contributed by atoms with van der Waals surface area (Å²) in [6, 6.07) is 9.96. The molecule has 1 aliphatic rings. The number of carbonyl (C=O) groups is 1. The van der Waals surface area contributed by atoms with Gasteiger partial charge >= 0.3 is 5.97 Å². The number of hydrogen-bond acceptors (Lipinski definition) is 3. The fourth-order valence-electron chi connectivity index (χ4n) is 2.44. The first-order valence-electron chi connectivity index (χ1n) is 7.11. The summed E-state index contributed by atoms with van der Waals surface area (Å²) >= 11 is 0. The van der Waals surface area contributed by atoms with E-state index >= 15 is 0 Å². The van der Waals surface area contributed by atoms with Crippen molar-refractivity contribution in [2.24, 2.45) is 13.0 Å². The summed E-state index contributed by atoms with van der Waals surface area (Å²) in [4.78, 5) is 11.9. The number of hydrogen-bond donors (Lipinski definition) is 0. The first-order chi connectivity index (χ1) is 10.2. The maximum atomic E-state index is 11.9. The minimum atomic E-state index is -0.110. The molecule has 4 nitrogen and oxygen atoms in total. The van der Waals surface area contributed by atoms with Crippen molar-refractivity contribution in [2.45, 2.75) is 12.3 Å². The van der Waals surface area contributed by atoms with Crippen molar-refractivity contribution in [1.82, 2.24) is 9.78 Å². The molecule has 0 spiro atoms. The van der Waals surface area contributed by atoms with Crippen molar-refractivity contribution < 1.29 is 9.53 Å². The van der Waals surface area contributed by atoms with Gasteiger partial charge in [-0.25, -0.2) is 0 Å². The number of ether oxygens (including phenoxy) is 1. The van der Waals surface area contributed by atoms with Crippen molar-refractivity contribution in [1.29, 1.82) is 0 Å². The predicted molar refractivity (Wildman–Crippen MR) is 80.5 cm³/mol. The number of carbonyl (C=O) groups excluding carboxylic acids is 1. The average molecular weight is 282 g/mol. The molecule has 0 radical (unpaired) electrons. The van der Waals surface area contributed by atoms with E-state index in [-0.39, 0.29) is 17.8 Å². The second kappa shape index (κ2) is 5.95. The zero-order valence-corrected chi connectivity index (χ0v) is 12.0. The van der Waals surface area contributed by atoms with Gasteiger partial charge in [0.25, 0.3) is 0 Å². The highest BCUT2D eigenvalue weighted by atomic mass is 16.5. The van der Waals surface area contributed by atoms with Gasteiger partial charge in [-0.1, -0.05) is 36.4 Å². The lowest BCUT2D eigenvalue weighted by Gasteiger charge is -2.00. The lowest BCUT2D eigenvalue weighted by atomic mass is 10.2. The van der Waals surface area contributed by atoms with Crippen molar-refractivity contribution in [2.75, 3.05) is 6.61 Å². The zero-order chi connectivity index (χ0) is 14.7. The van der Waals surface area contributed by atoms with Crippen LogP contribution in [-0.2, 0) is 16.6 Å². The third-order valence-electron chi connectivity index (χ3n) is 3.68. The van der Waals surface area contributed by atoms with Gasteiger partial charge in [0, 0.05) is 19.2 Å². The quantitative estimate of drug-likeness (QED) is 0.792. The van der Waals surface area contributed by atoms with Crippen LogP contribution in [0.2, 0.25) is 0 Å². The molecule has 0 N–H and O–H groups in total. The van der Waals surface area contributed by atoms with Gasteiger partial charge in [0.2, 0.25) is 0 Å². The molecule has 4 heteroatoms. The van der Waals surface area contributed by atoms with E-state index in [4.69, 9.17) is 4.74 Å². The third-order valence-corrected chi connectivity index (χ3v) is 3.68. The third kappa shape index (κ3) is 3.40. The maximum absolute atomic E-state index is 11.9. The van der Waals surface area contributed by atoms with Crippen molar-refractivity contribution in [3.8, 4) is 0 Å². The molecular weight excluding hydrogens is 264 g/mol. The Hall–Kier alpha value is -2.36. The number of benzene rings is 1. The molecule has 2 aromatic rings. The molecule has 1 saturated carbocycles. The Morgan fingerprint density at radius 2 is 2.24 bits per heavy atom. The Morgan fingerprint density at radius 3 is 2.95 bits per heavy atom. The molecule has 0 amide bonds. The molecule has 2 atom stereocenters. The summed E-state index contributed by atoms with van der Waals surface area (Å²) in [6.07, 6.45) is 8.49. The van der Waals surface area contributed by atoms with Gasteiger partial charge in [-0.05, 0) is 23.6 Å². The first kappa shape index (κ1) is 13.6. The second-order valence-corrected chi connectivity index (χ2v) is 5.34. The summed E-state index contributed by atoms with van der Waals surface area (Å²) in [5.74, 6) is 0.171. The fraction of sp³-hybridized carbons (Fsp3) is 0.294. The topological polar surface area (TPSA) is 44.1 Å². The minimum absolute atomic E-state index is 0.000625. The fourth-order valence-corrected chi connectivity index (χ4v) is 2.44. The second-order valence-electron chi connectivity index (χ2n) is 5.34. The highest BCUT2D eigenvalue weighted by Gasteiger charge is 2.45. The highest BCUT2D eigenvalue weighted by molar-refractivity contribution is 5.77. The zero-order valence-electron chi connectivity index (χ0n) is 12.0. The number of nitrogens with zero attached hydrogens (tertiary/aromatic N) is 2. The van der Waals surface area contributed by atoms with Gasteiger partial charge < -0.3 is 4.74 Å². The van der Waals surface area contributed by atoms with E-state index < -0.39 is 0 Å². The Labute approximate surface area is 124 Å². The average Bonchev–Trinajstić information content (AvgIpc) is 3.19. The molecule has 3 rings (SSSR count). The Bertz CT molecular complexity index is 646. The van der Waals surface area contributed by atoms with Gasteiger partial charge in [-0.3, -0.25) is 9.48 Å². The van der Waals surface area contributed by atoms with E-state index in [2.05, 4.69) is 5.10 Å². The van der Waals surface area contributed by atoms with E-state index in [9.17, 15) is 4.79 Å². The van der Waals surface area contributed by atoms with Crippen LogP contribution in [0.3, 0.4) is 0 Å². The van der Waals surface area contributed by atoms with Crippen LogP contribution in [0.1, 0.15) is 23.5 Å². The molecule has 1 heterocycles. The smallest absolute Gasteiger partial charge is 0.309 e. The summed E-state index contributed by atoms with van der Waals surface area (Å²) in [6.45, 7) is 0.323. The number of rotatable bonds is 5. The lowest BCUT2D eigenvalue weighted by molar-refractivity contribution is -0.144. The summed E-state index contributed by atoms with van der Waals surface area (Å²) < 4.78 is 7.06. The van der Waals surface area contributed by atoms with Crippen LogP contribution in [-0.4, -0.2) is 22.4 Å². The number of esters is 1. The van der Waals surface area contributed by atoms with Crippen LogP contribution in [0.15, 0.2) is 48.8 Å². The Morgan fingerprint density at radius 1 is 1.43 bits per heavy atom. The monoisotopic (exact) mass is 282 g/mol. The molecule has 1 aromatic heterocycles. The normalized spacial score (nSPS) is 20.6. The predicted octanol–water partition coefficient (Wildman–Crippen LogP) is 2.78. The van der Waals surface area contributed by atoms with E-state index in [1.807, 2.05) is 61.9 Å². The molecule has 0 bridgehead atoms. The van der Waals surface area contributed by atoms with E-state index in [0.29, 0.717) is 6.61 Å². The van der Waals surface area contributed by atoms with Crippen LogP contribution in [0.5, 0.6) is 0 Å². The van der Waals surface area contributed by atoms with Crippen LogP contribution in [0.4, 0.5) is 0 Å². The largest absolute Gasteiger partial charge is 0.461 e. The molecular formula is C17H18N2O2. The van der Waals surface area contributed by atoms with Gasteiger partial charge in [-0.15, -0.1) is 0 Å². The Kier molecular flexibility index (Phi) is 3.86. The molecule has 2 unspecified atom stereocenters. The molecule has 21 heavy (non-hydrogen) atoms. The lowest BCUT2D eigenvalue weighted by Crippen LogP contribution is -2.07. The maximum Gasteiger partial charge on any atom is 0.309 e. The van der Waals surface area contributed by atoms with Gasteiger partial charge in [0.05, 0.1) is 12.1 Å². The van der Waals surface area contributed by atoms with Crippen LogP contribution in [0, 0.1) is 5.92 Å².